The summed E-state index contributed by atoms with van der Waals surface area (Å²) in [6, 6.07) is 0. The average molecular weight is 867 g/mol. The molecule has 0 fully saturated rings. The smallest absolute Gasteiger partial charge is 0.306 e. The molecule has 0 aromatic rings. The van der Waals surface area contributed by atoms with Gasteiger partial charge in [-0.3, -0.25) is 14.4 Å². The van der Waals surface area contributed by atoms with Crippen LogP contribution in [0.1, 0.15) is 258 Å². The maximum atomic E-state index is 12.7. The fraction of sp³-hybridized carbons (Fsp3) is 0.768. The molecule has 0 aliphatic carbocycles. The van der Waals surface area contributed by atoms with Crippen LogP contribution in [0.25, 0.3) is 0 Å². The SMILES string of the molecule is CC/C=C\C/C=C\C/C=C\C/C=C\C/C=C\CCCCCCCCCCCCCC(=O)OCC(COC(=O)CCCCCCCCC)OC(=O)CCCCCCCCCCCC. The second kappa shape index (κ2) is 50.8. The highest BCUT2D eigenvalue weighted by molar-refractivity contribution is 5.71. The highest BCUT2D eigenvalue weighted by atomic mass is 16.6. The van der Waals surface area contributed by atoms with E-state index in [4.69, 9.17) is 14.2 Å². The lowest BCUT2D eigenvalue weighted by Gasteiger charge is -2.18. The number of esters is 3. The van der Waals surface area contributed by atoms with Gasteiger partial charge in [0.2, 0.25) is 0 Å². The largest absolute Gasteiger partial charge is 0.462 e. The molecule has 0 saturated heterocycles. The van der Waals surface area contributed by atoms with Crippen molar-refractivity contribution < 1.29 is 28.6 Å². The highest BCUT2D eigenvalue weighted by Crippen LogP contribution is 2.15. The standard InChI is InChI=1S/C56H98O6/c1-4-7-10-13-16-18-20-21-22-23-24-25-26-27-28-29-30-31-32-33-34-35-36-38-40-43-46-49-55(58)61-52-53(51-60-54(57)48-45-42-39-15-12-9-6-3)62-56(59)50-47-44-41-37-19-17-14-11-8-5-2/h7,10,16,18,21-22,24-25,27-28,53H,4-6,8-9,11-15,17,19-20,23,26,29-52H2,1-3H3/b10-7-,18-16-,22-21-,25-24-,28-27-. The topological polar surface area (TPSA) is 78.9 Å². The molecule has 62 heavy (non-hydrogen) atoms. The number of hydrogen-bond acceptors (Lipinski definition) is 6. The van der Waals surface area contributed by atoms with Gasteiger partial charge >= 0.3 is 17.9 Å². The van der Waals surface area contributed by atoms with Gasteiger partial charge in [0.1, 0.15) is 13.2 Å². The average Bonchev–Trinajstić information content (AvgIpc) is 3.27. The summed E-state index contributed by atoms with van der Waals surface area (Å²) in [7, 11) is 0. The van der Waals surface area contributed by atoms with E-state index in [0.29, 0.717) is 19.3 Å². The van der Waals surface area contributed by atoms with E-state index in [9.17, 15) is 14.4 Å². The van der Waals surface area contributed by atoms with Crippen LogP contribution in [0.2, 0.25) is 0 Å². The Bertz CT molecular complexity index is 1130. The molecule has 0 aliphatic heterocycles. The van der Waals surface area contributed by atoms with Crippen LogP contribution in [0.3, 0.4) is 0 Å². The van der Waals surface area contributed by atoms with Gasteiger partial charge in [-0.15, -0.1) is 0 Å². The molecule has 0 rings (SSSR count). The van der Waals surface area contributed by atoms with Crippen LogP contribution in [0.15, 0.2) is 60.8 Å². The monoisotopic (exact) mass is 867 g/mol. The lowest BCUT2D eigenvalue weighted by molar-refractivity contribution is -0.167. The minimum atomic E-state index is -0.767. The third kappa shape index (κ3) is 48.1. The Balaban J connectivity index is 4.08. The Morgan fingerprint density at radius 3 is 0.984 bits per heavy atom. The molecule has 6 nitrogen and oxygen atoms in total. The maximum Gasteiger partial charge on any atom is 0.306 e. The van der Waals surface area contributed by atoms with E-state index >= 15 is 0 Å². The lowest BCUT2D eigenvalue weighted by Crippen LogP contribution is -2.30. The molecule has 0 aliphatic rings. The molecule has 0 saturated carbocycles. The number of allylic oxidation sites excluding steroid dienone is 10. The predicted molar refractivity (Wildman–Crippen MR) is 265 cm³/mol. The molecule has 0 aromatic carbocycles. The Labute approximate surface area is 383 Å². The number of hydrogen-bond donors (Lipinski definition) is 0. The number of rotatable bonds is 47. The van der Waals surface area contributed by atoms with E-state index in [1.807, 2.05) is 0 Å². The van der Waals surface area contributed by atoms with Gasteiger partial charge in [-0.05, 0) is 64.2 Å². The van der Waals surface area contributed by atoms with Gasteiger partial charge in [0.15, 0.2) is 6.10 Å². The molecule has 0 amide bonds. The Morgan fingerprint density at radius 2 is 0.629 bits per heavy atom. The first-order chi connectivity index (χ1) is 30.5. The van der Waals surface area contributed by atoms with Gasteiger partial charge < -0.3 is 14.2 Å². The van der Waals surface area contributed by atoms with Crippen molar-refractivity contribution in [1.29, 1.82) is 0 Å². The molecule has 0 N–H and O–H groups in total. The molecule has 358 valence electrons. The third-order valence-corrected chi connectivity index (χ3v) is 11.3. The van der Waals surface area contributed by atoms with E-state index in [2.05, 4.69) is 81.5 Å². The molecular formula is C56H98O6. The molecule has 0 radical (unpaired) electrons. The fourth-order valence-corrected chi connectivity index (χ4v) is 7.35. The van der Waals surface area contributed by atoms with Crippen molar-refractivity contribution in [3.8, 4) is 0 Å². The normalized spacial score (nSPS) is 12.5. The van der Waals surface area contributed by atoms with Crippen molar-refractivity contribution >= 4 is 17.9 Å². The predicted octanol–water partition coefficient (Wildman–Crippen LogP) is 17.3. The molecule has 1 unspecified atom stereocenters. The zero-order valence-corrected chi connectivity index (χ0v) is 40.9. The van der Waals surface area contributed by atoms with Crippen molar-refractivity contribution in [3.63, 3.8) is 0 Å². The van der Waals surface area contributed by atoms with E-state index < -0.39 is 6.10 Å². The van der Waals surface area contributed by atoms with Crippen LogP contribution in [0, 0.1) is 0 Å². The van der Waals surface area contributed by atoms with Gasteiger partial charge in [-0.2, -0.15) is 0 Å². The highest BCUT2D eigenvalue weighted by Gasteiger charge is 2.19. The van der Waals surface area contributed by atoms with Crippen LogP contribution < -0.4 is 0 Å². The Kier molecular flexibility index (Phi) is 48.4. The van der Waals surface area contributed by atoms with Crippen molar-refractivity contribution in [2.24, 2.45) is 0 Å². The second-order valence-corrected chi connectivity index (χ2v) is 17.4. The first-order valence-electron chi connectivity index (χ1n) is 26.3. The molecule has 0 aromatic heterocycles. The van der Waals surface area contributed by atoms with Crippen molar-refractivity contribution in [3.05, 3.63) is 60.8 Å². The molecular weight excluding hydrogens is 769 g/mol. The van der Waals surface area contributed by atoms with Gasteiger partial charge in [0.05, 0.1) is 0 Å². The zero-order chi connectivity index (χ0) is 45.1. The van der Waals surface area contributed by atoms with Crippen molar-refractivity contribution in [2.45, 2.75) is 264 Å². The summed E-state index contributed by atoms with van der Waals surface area (Å²) in [5.41, 5.74) is 0. The first-order valence-corrected chi connectivity index (χ1v) is 26.3. The van der Waals surface area contributed by atoms with E-state index in [1.165, 1.54) is 128 Å². The number of unbranched alkanes of at least 4 members (excludes halogenated alkanes) is 26. The van der Waals surface area contributed by atoms with E-state index in [0.717, 1.165) is 89.9 Å². The van der Waals surface area contributed by atoms with Crippen LogP contribution in [0.4, 0.5) is 0 Å². The van der Waals surface area contributed by atoms with Crippen molar-refractivity contribution in [2.75, 3.05) is 13.2 Å². The summed E-state index contributed by atoms with van der Waals surface area (Å²) >= 11 is 0. The van der Waals surface area contributed by atoms with Crippen LogP contribution in [0.5, 0.6) is 0 Å². The van der Waals surface area contributed by atoms with Gasteiger partial charge in [0.25, 0.3) is 0 Å². The lowest BCUT2D eigenvalue weighted by atomic mass is 10.0. The third-order valence-electron chi connectivity index (χ3n) is 11.3. The summed E-state index contributed by atoms with van der Waals surface area (Å²) in [4.78, 5) is 37.7. The second-order valence-electron chi connectivity index (χ2n) is 17.4. The summed E-state index contributed by atoms with van der Waals surface area (Å²) in [5.74, 6) is -0.879. The number of carbonyl (C=O) groups is 3. The van der Waals surface area contributed by atoms with Crippen molar-refractivity contribution in [1.82, 2.24) is 0 Å². The molecule has 0 spiro atoms. The van der Waals surface area contributed by atoms with Gasteiger partial charge in [0, 0.05) is 19.3 Å². The summed E-state index contributed by atoms with van der Waals surface area (Å²) < 4.78 is 16.7. The minimum absolute atomic E-state index is 0.0719. The Hall–Kier alpha value is -2.89. The number of ether oxygens (including phenoxy) is 3. The maximum absolute atomic E-state index is 12.7. The fourth-order valence-electron chi connectivity index (χ4n) is 7.35. The summed E-state index contributed by atoms with van der Waals surface area (Å²) in [6.07, 6.45) is 62.3. The van der Waals surface area contributed by atoms with E-state index in [1.54, 1.807) is 0 Å². The zero-order valence-electron chi connectivity index (χ0n) is 40.9. The number of carbonyl (C=O) groups excluding carboxylic acids is 3. The Morgan fingerprint density at radius 1 is 0.339 bits per heavy atom. The van der Waals surface area contributed by atoms with Gasteiger partial charge in [-0.1, -0.05) is 236 Å². The summed E-state index contributed by atoms with van der Waals surface area (Å²) in [5, 5.41) is 0. The minimum Gasteiger partial charge on any atom is -0.462 e. The molecule has 1 atom stereocenters. The summed E-state index contributed by atoms with van der Waals surface area (Å²) in [6.45, 7) is 6.47. The molecule has 0 bridgehead atoms. The van der Waals surface area contributed by atoms with E-state index in [-0.39, 0.29) is 31.1 Å². The van der Waals surface area contributed by atoms with Gasteiger partial charge in [-0.25, -0.2) is 0 Å². The van der Waals surface area contributed by atoms with Crippen LogP contribution >= 0.6 is 0 Å². The first kappa shape index (κ1) is 59.1. The van der Waals surface area contributed by atoms with Crippen LogP contribution in [-0.2, 0) is 28.6 Å². The molecule has 6 heteroatoms. The molecule has 0 heterocycles. The quantitative estimate of drug-likeness (QED) is 0.0262. The van der Waals surface area contributed by atoms with Crippen LogP contribution in [-0.4, -0.2) is 37.2 Å².